The fraction of sp³-hybridized carbons (Fsp3) is 0.389. The van der Waals surface area contributed by atoms with E-state index in [1.807, 2.05) is 0 Å². The number of esters is 2. The van der Waals surface area contributed by atoms with Crippen LogP contribution in [-0.4, -0.2) is 61.9 Å². The monoisotopic (exact) mass is 420 g/mol. The average Bonchev–Trinajstić information content (AvgIpc) is 2.78. The van der Waals surface area contributed by atoms with Gasteiger partial charge in [0.1, 0.15) is 23.9 Å². The molecule has 29 heavy (non-hydrogen) atoms. The Bertz CT molecular complexity index is 975. The summed E-state index contributed by atoms with van der Waals surface area (Å²) in [6.07, 6.45) is -0.540. The molecule has 11 heteroatoms. The summed E-state index contributed by atoms with van der Waals surface area (Å²) in [5, 5.41) is 11.6. The zero-order chi connectivity index (χ0) is 21.1. The Morgan fingerprint density at radius 3 is 2.48 bits per heavy atom. The number of β-lactam (4-membered cyclic amide) rings is 1. The van der Waals surface area contributed by atoms with Gasteiger partial charge < -0.3 is 24.8 Å². The highest BCUT2D eigenvalue weighted by Crippen LogP contribution is 2.50. The summed E-state index contributed by atoms with van der Waals surface area (Å²) >= 11 is 1.31. The second kappa shape index (κ2) is 6.48. The van der Waals surface area contributed by atoms with Crippen molar-refractivity contribution in [1.82, 2.24) is 10.2 Å². The van der Waals surface area contributed by atoms with Crippen molar-refractivity contribution in [2.75, 3.05) is 0 Å². The van der Waals surface area contributed by atoms with Gasteiger partial charge in [-0.15, -0.1) is 11.8 Å². The quantitative estimate of drug-likeness (QED) is 0.303. The van der Waals surface area contributed by atoms with Crippen molar-refractivity contribution in [2.24, 2.45) is 0 Å². The van der Waals surface area contributed by atoms with Crippen LogP contribution in [0, 0.1) is 0 Å². The molecule has 0 aromatic heterocycles. The lowest BCUT2D eigenvalue weighted by atomic mass is 9.96. The van der Waals surface area contributed by atoms with E-state index in [1.165, 1.54) is 34.9 Å². The molecular formula is C18H16N2O8S. The van der Waals surface area contributed by atoms with Gasteiger partial charge in [-0.2, -0.15) is 0 Å². The number of nitrogens with one attached hydrogen (secondary N) is 1. The molecule has 2 N–H and O–H groups in total. The van der Waals surface area contributed by atoms with Crippen LogP contribution in [-0.2, 0) is 19.2 Å². The zero-order valence-corrected chi connectivity index (χ0v) is 16.1. The maximum absolute atomic E-state index is 12.6. The highest BCUT2D eigenvalue weighted by molar-refractivity contribution is 8.01. The van der Waals surface area contributed by atoms with Crippen LogP contribution in [0.25, 0.3) is 0 Å². The van der Waals surface area contributed by atoms with Gasteiger partial charge >= 0.3 is 17.9 Å². The van der Waals surface area contributed by atoms with Crippen LogP contribution in [0.5, 0.6) is 11.5 Å². The fourth-order valence-electron chi connectivity index (χ4n) is 3.62. The Morgan fingerprint density at radius 1 is 1.17 bits per heavy atom. The Labute approximate surface area is 168 Å². The van der Waals surface area contributed by atoms with Crippen LogP contribution >= 0.6 is 11.8 Å². The number of hydrogen-bond acceptors (Lipinski definition) is 8. The lowest BCUT2D eigenvalue weighted by Crippen LogP contribution is -2.70. The Morgan fingerprint density at radius 2 is 1.83 bits per heavy atom. The van der Waals surface area contributed by atoms with E-state index < -0.39 is 58.3 Å². The van der Waals surface area contributed by atoms with Crippen molar-refractivity contribution in [2.45, 2.75) is 42.5 Å². The van der Waals surface area contributed by atoms with Gasteiger partial charge in [0.2, 0.25) is 5.91 Å². The summed E-state index contributed by atoms with van der Waals surface area (Å²) in [7, 11) is 0. The topological polar surface area (TPSA) is 139 Å². The lowest BCUT2D eigenvalue weighted by molar-refractivity contribution is -0.159. The Kier molecular flexibility index (Phi) is 4.30. The number of rotatable bonds is 3. The van der Waals surface area contributed by atoms with Gasteiger partial charge in [-0.3, -0.25) is 19.2 Å². The molecule has 3 aliphatic rings. The third-order valence-electron chi connectivity index (χ3n) is 4.90. The van der Waals surface area contributed by atoms with E-state index in [1.54, 1.807) is 13.8 Å². The molecule has 2 saturated heterocycles. The maximum Gasteiger partial charge on any atom is 0.327 e. The standard InChI is InChI=1S/C18H16N2O8S/c1-18(2)13(17(25)26)20-15(24)12(16(20)29-18)19-14(23)7-3-4-8-9(5-7)28-11(22)6-10(21)27-8/h3-5,12-13,16H,6H2,1-2H3,(H,19,23)(H,25,26). The Balaban J connectivity index is 1.51. The van der Waals surface area contributed by atoms with E-state index in [-0.39, 0.29) is 17.1 Å². The first kappa shape index (κ1) is 19.2. The predicted octanol–water partition coefficient (Wildman–Crippen LogP) is 0.146. The van der Waals surface area contributed by atoms with Crippen molar-refractivity contribution in [1.29, 1.82) is 0 Å². The minimum atomic E-state index is -1.09. The molecular weight excluding hydrogens is 404 g/mol. The summed E-state index contributed by atoms with van der Waals surface area (Å²) in [5.41, 5.74) is 0.0952. The van der Waals surface area contributed by atoms with Crippen molar-refractivity contribution in [3.63, 3.8) is 0 Å². The predicted molar refractivity (Wildman–Crippen MR) is 97.3 cm³/mol. The minimum Gasteiger partial charge on any atom is -0.480 e. The number of amides is 2. The van der Waals surface area contributed by atoms with E-state index in [0.29, 0.717) is 0 Å². The second-order valence-electron chi connectivity index (χ2n) is 7.34. The summed E-state index contributed by atoms with van der Waals surface area (Å²) < 4.78 is 9.28. The van der Waals surface area contributed by atoms with Gasteiger partial charge in [-0.25, -0.2) is 4.79 Å². The maximum atomic E-state index is 12.6. The number of benzene rings is 1. The molecule has 3 atom stereocenters. The second-order valence-corrected chi connectivity index (χ2v) is 9.11. The van der Waals surface area contributed by atoms with Gasteiger partial charge in [0.05, 0.1) is 0 Å². The zero-order valence-electron chi connectivity index (χ0n) is 15.3. The number of ether oxygens (including phenoxy) is 2. The van der Waals surface area contributed by atoms with Crippen molar-refractivity contribution >= 4 is 41.5 Å². The third-order valence-corrected chi connectivity index (χ3v) is 6.48. The highest BCUT2D eigenvalue weighted by atomic mass is 32.2. The summed E-state index contributed by atoms with van der Waals surface area (Å²) in [5.74, 6) is -3.79. The van der Waals surface area contributed by atoms with E-state index in [2.05, 4.69) is 5.32 Å². The number of carbonyl (C=O) groups excluding carboxylic acids is 4. The number of fused-ring (bicyclic) bond motifs is 2. The summed E-state index contributed by atoms with van der Waals surface area (Å²) in [6, 6.07) is 2.10. The number of carboxylic acid groups (broad SMARTS) is 1. The molecule has 1 aromatic rings. The number of hydrogen-bond donors (Lipinski definition) is 2. The first-order valence-electron chi connectivity index (χ1n) is 8.67. The fourth-order valence-corrected chi connectivity index (χ4v) is 5.24. The van der Waals surface area contributed by atoms with E-state index >= 15 is 0 Å². The average molecular weight is 420 g/mol. The summed E-state index contributed by atoms with van der Waals surface area (Å²) in [4.78, 5) is 60.9. The number of carbonyl (C=O) groups is 5. The third kappa shape index (κ3) is 3.11. The van der Waals surface area contributed by atoms with Crippen LogP contribution in [0.15, 0.2) is 18.2 Å². The molecule has 1 aromatic carbocycles. The van der Waals surface area contributed by atoms with E-state index in [9.17, 15) is 29.1 Å². The van der Waals surface area contributed by atoms with Crippen molar-refractivity contribution in [3.8, 4) is 11.5 Å². The van der Waals surface area contributed by atoms with Crippen LogP contribution in [0.3, 0.4) is 0 Å². The van der Waals surface area contributed by atoms with Crippen molar-refractivity contribution < 1.29 is 38.6 Å². The first-order valence-corrected chi connectivity index (χ1v) is 9.55. The molecule has 0 spiro atoms. The van der Waals surface area contributed by atoms with Gasteiger partial charge in [0.15, 0.2) is 11.5 Å². The molecule has 3 heterocycles. The molecule has 152 valence electrons. The number of aliphatic carboxylic acids is 1. The van der Waals surface area contributed by atoms with Gasteiger partial charge in [-0.1, -0.05) is 0 Å². The molecule has 10 nitrogen and oxygen atoms in total. The molecule has 4 rings (SSSR count). The van der Waals surface area contributed by atoms with E-state index in [0.717, 1.165) is 0 Å². The largest absolute Gasteiger partial charge is 0.480 e. The molecule has 0 bridgehead atoms. The number of nitrogens with zero attached hydrogens (tertiary/aromatic N) is 1. The SMILES string of the molecule is CC1(C)SC2C(NC(=O)c3ccc4c(c3)OC(=O)CC(=O)O4)C(=O)N2C1C(=O)O. The molecule has 0 saturated carbocycles. The molecule has 3 aliphatic heterocycles. The number of carboxylic acids is 1. The molecule has 0 aliphatic carbocycles. The Hall–Kier alpha value is -3.08. The van der Waals surface area contributed by atoms with Crippen molar-refractivity contribution in [3.05, 3.63) is 23.8 Å². The highest BCUT2D eigenvalue weighted by Gasteiger charge is 2.64. The normalized spacial score (nSPS) is 27.0. The molecule has 2 amide bonds. The van der Waals surface area contributed by atoms with Gasteiger partial charge in [-0.05, 0) is 32.0 Å². The van der Waals surface area contributed by atoms with Crippen LogP contribution in [0.4, 0.5) is 0 Å². The van der Waals surface area contributed by atoms with Gasteiger partial charge in [0, 0.05) is 10.3 Å². The van der Waals surface area contributed by atoms with E-state index in [4.69, 9.17) is 9.47 Å². The molecule has 2 fully saturated rings. The summed E-state index contributed by atoms with van der Waals surface area (Å²) in [6.45, 7) is 3.48. The first-order chi connectivity index (χ1) is 13.6. The molecule has 0 radical (unpaired) electrons. The smallest absolute Gasteiger partial charge is 0.327 e. The minimum absolute atomic E-state index is 0.0145. The van der Waals surface area contributed by atoms with Crippen LogP contribution in [0.2, 0.25) is 0 Å². The lowest BCUT2D eigenvalue weighted by Gasteiger charge is -2.43. The number of thioether (sulfide) groups is 1. The van der Waals surface area contributed by atoms with Gasteiger partial charge in [0.25, 0.3) is 5.91 Å². The molecule has 3 unspecified atom stereocenters. The van der Waals surface area contributed by atoms with Crippen LogP contribution in [0.1, 0.15) is 30.6 Å². The van der Waals surface area contributed by atoms with Crippen LogP contribution < -0.4 is 14.8 Å².